The van der Waals surface area contributed by atoms with E-state index in [-0.39, 0.29) is 5.56 Å². The zero-order chi connectivity index (χ0) is 18.8. The van der Waals surface area contributed by atoms with E-state index in [2.05, 4.69) is 0 Å². The van der Waals surface area contributed by atoms with Gasteiger partial charge in [0.25, 0.3) is 0 Å². The summed E-state index contributed by atoms with van der Waals surface area (Å²) in [5, 5.41) is 8.53. The summed E-state index contributed by atoms with van der Waals surface area (Å²) < 4.78 is 79.2. The number of rotatable bonds is 3. The Labute approximate surface area is 138 Å². The van der Waals surface area contributed by atoms with Crippen molar-refractivity contribution >= 4 is 12.0 Å². The Kier molecular flexibility index (Phi) is 4.92. The molecular weight excluding hydrogens is 350 g/mol. The number of halogens is 6. The molecule has 0 radical (unpaired) electrons. The molecule has 0 heterocycles. The predicted molar refractivity (Wildman–Crippen MR) is 78.6 cm³/mol. The molecule has 0 saturated heterocycles. The largest absolute Gasteiger partial charge is 0.478 e. The number of aliphatic carboxylic acids is 1. The first kappa shape index (κ1) is 18.6. The van der Waals surface area contributed by atoms with Crippen LogP contribution in [0.25, 0.3) is 17.2 Å². The predicted octanol–water partition coefficient (Wildman–Crippen LogP) is 5.49. The molecule has 0 aliphatic rings. The summed E-state index contributed by atoms with van der Waals surface area (Å²) in [5.74, 6) is -1.36. The normalized spacial score (nSPS) is 12.6. The van der Waals surface area contributed by atoms with Gasteiger partial charge in [-0.15, -0.1) is 0 Å². The Bertz CT molecular complexity index is 819. The molecule has 0 spiro atoms. The Hall–Kier alpha value is -2.77. The second-order valence-electron chi connectivity index (χ2n) is 5.02. The molecule has 0 bridgehead atoms. The third kappa shape index (κ3) is 4.40. The molecular formula is C17H10F6O2. The monoisotopic (exact) mass is 360 g/mol. The minimum absolute atomic E-state index is 0.0945. The van der Waals surface area contributed by atoms with Crippen LogP contribution < -0.4 is 0 Å². The number of carboxylic acids is 1. The summed E-state index contributed by atoms with van der Waals surface area (Å²) in [6, 6.07) is 6.59. The van der Waals surface area contributed by atoms with Crippen LogP contribution in [-0.4, -0.2) is 11.1 Å². The molecule has 0 saturated carbocycles. The highest BCUT2D eigenvalue weighted by Gasteiger charge is 2.38. The van der Waals surface area contributed by atoms with Crippen molar-refractivity contribution in [1.82, 2.24) is 0 Å². The molecule has 0 amide bonds. The van der Waals surface area contributed by atoms with Gasteiger partial charge in [-0.05, 0) is 34.9 Å². The molecule has 0 aromatic heterocycles. The Balaban J connectivity index is 2.69. The molecule has 2 aromatic rings. The van der Waals surface area contributed by atoms with Crippen LogP contribution >= 0.6 is 0 Å². The summed E-state index contributed by atoms with van der Waals surface area (Å²) in [6.07, 6.45) is -8.17. The van der Waals surface area contributed by atoms with E-state index in [9.17, 15) is 31.1 Å². The van der Waals surface area contributed by atoms with Gasteiger partial charge in [0, 0.05) is 6.08 Å². The van der Waals surface area contributed by atoms with Crippen LogP contribution in [-0.2, 0) is 17.1 Å². The van der Waals surface area contributed by atoms with Crippen LogP contribution in [0.2, 0.25) is 0 Å². The SMILES string of the molecule is O=C(O)/C=C\c1ccc(-c2ccccc2C(F)(F)F)c(C(F)(F)F)c1. The minimum atomic E-state index is -4.92. The van der Waals surface area contributed by atoms with E-state index in [0.29, 0.717) is 18.2 Å². The number of hydrogen-bond donors (Lipinski definition) is 1. The number of carboxylic acid groups (broad SMARTS) is 1. The molecule has 2 nitrogen and oxygen atoms in total. The highest BCUT2D eigenvalue weighted by Crippen LogP contribution is 2.42. The van der Waals surface area contributed by atoms with Crippen LogP contribution in [0.1, 0.15) is 16.7 Å². The van der Waals surface area contributed by atoms with Gasteiger partial charge >= 0.3 is 18.3 Å². The van der Waals surface area contributed by atoms with E-state index in [0.717, 1.165) is 30.3 Å². The van der Waals surface area contributed by atoms with Crippen molar-refractivity contribution in [1.29, 1.82) is 0 Å². The van der Waals surface area contributed by atoms with Gasteiger partial charge in [0.15, 0.2) is 0 Å². The van der Waals surface area contributed by atoms with Crippen molar-refractivity contribution in [3.8, 4) is 11.1 Å². The van der Waals surface area contributed by atoms with E-state index in [1.54, 1.807) is 0 Å². The fraction of sp³-hybridized carbons (Fsp3) is 0.118. The summed E-state index contributed by atoms with van der Waals surface area (Å²) >= 11 is 0. The average Bonchev–Trinajstić information content (AvgIpc) is 2.51. The molecule has 25 heavy (non-hydrogen) atoms. The molecule has 0 aliphatic heterocycles. The van der Waals surface area contributed by atoms with E-state index in [1.165, 1.54) is 6.07 Å². The quantitative estimate of drug-likeness (QED) is 0.581. The lowest BCUT2D eigenvalue weighted by molar-refractivity contribution is -0.139. The lowest BCUT2D eigenvalue weighted by atomic mass is 9.93. The van der Waals surface area contributed by atoms with Crippen LogP contribution in [0, 0.1) is 0 Å². The third-order valence-corrected chi connectivity index (χ3v) is 3.29. The topological polar surface area (TPSA) is 37.3 Å². The Morgan fingerprint density at radius 1 is 0.840 bits per heavy atom. The summed E-state index contributed by atoms with van der Waals surface area (Å²) in [6.45, 7) is 0. The molecule has 0 aliphatic carbocycles. The van der Waals surface area contributed by atoms with Gasteiger partial charge in [-0.3, -0.25) is 0 Å². The first-order valence-electron chi connectivity index (χ1n) is 6.79. The first-order valence-corrected chi connectivity index (χ1v) is 6.79. The molecule has 132 valence electrons. The summed E-state index contributed by atoms with van der Waals surface area (Å²) in [7, 11) is 0. The summed E-state index contributed by atoms with van der Waals surface area (Å²) in [5.41, 5.74) is -3.79. The van der Waals surface area contributed by atoms with Gasteiger partial charge < -0.3 is 5.11 Å². The van der Waals surface area contributed by atoms with Gasteiger partial charge in [-0.1, -0.05) is 30.3 Å². The lowest BCUT2D eigenvalue weighted by Crippen LogP contribution is -2.11. The van der Waals surface area contributed by atoms with Crippen LogP contribution in [0.4, 0.5) is 26.3 Å². The van der Waals surface area contributed by atoms with Crippen molar-refractivity contribution in [2.75, 3.05) is 0 Å². The van der Waals surface area contributed by atoms with Crippen molar-refractivity contribution in [3.05, 3.63) is 65.2 Å². The number of carbonyl (C=O) groups is 1. The maximum absolute atomic E-state index is 13.3. The molecule has 2 rings (SSSR count). The van der Waals surface area contributed by atoms with E-state index >= 15 is 0 Å². The number of alkyl halides is 6. The fourth-order valence-electron chi connectivity index (χ4n) is 2.27. The number of benzene rings is 2. The fourth-order valence-corrected chi connectivity index (χ4v) is 2.27. The van der Waals surface area contributed by atoms with Crippen molar-refractivity contribution < 1.29 is 36.2 Å². The smallest absolute Gasteiger partial charge is 0.417 e. The van der Waals surface area contributed by atoms with E-state index < -0.39 is 40.6 Å². The molecule has 1 N–H and O–H groups in total. The maximum atomic E-state index is 13.3. The highest BCUT2D eigenvalue weighted by atomic mass is 19.4. The first-order chi connectivity index (χ1) is 11.5. The molecule has 0 atom stereocenters. The standard InChI is InChI=1S/C17H10F6O2/c18-16(19,20)13-4-2-1-3-11(13)12-7-5-10(6-8-15(24)25)9-14(12)17(21,22)23/h1-9H,(H,24,25)/b8-6-. The number of hydrogen-bond acceptors (Lipinski definition) is 1. The van der Waals surface area contributed by atoms with Crippen molar-refractivity contribution in [2.24, 2.45) is 0 Å². The highest BCUT2D eigenvalue weighted by molar-refractivity contribution is 5.85. The minimum Gasteiger partial charge on any atom is -0.478 e. The van der Waals surface area contributed by atoms with Gasteiger partial charge in [0.2, 0.25) is 0 Å². The summed E-state index contributed by atoms with van der Waals surface area (Å²) in [4.78, 5) is 10.5. The van der Waals surface area contributed by atoms with E-state index in [4.69, 9.17) is 5.11 Å². The molecule has 0 fully saturated rings. The lowest BCUT2D eigenvalue weighted by Gasteiger charge is -2.18. The Morgan fingerprint density at radius 3 is 1.96 bits per heavy atom. The Morgan fingerprint density at radius 2 is 1.40 bits per heavy atom. The van der Waals surface area contributed by atoms with Gasteiger partial charge in [0.1, 0.15) is 0 Å². The second kappa shape index (κ2) is 6.62. The van der Waals surface area contributed by atoms with Crippen LogP contribution in [0.3, 0.4) is 0 Å². The van der Waals surface area contributed by atoms with Gasteiger partial charge in [-0.25, -0.2) is 4.79 Å². The molecule has 2 aromatic carbocycles. The van der Waals surface area contributed by atoms with Gasteiger partial charge in [0.05, 0.1) is 11.1 Å². The van der Waals surface area contributed by atoms with Crippen LogP contribution in [0.5, 0.6) is 0 Å². The van der Waals surface area contributed by atoms with Crippen molar-refractivity contribution in [2.45, 2.75) is 12.4 Å². The zero-order valence-corrected chi connectivity index (χ0v) is 12.3. The zero-order valence-electron chi connectivity index (χ0n) is 12.3. The van der Waals surface area contributed by atoms with Crippen LogP contribution in [0.15, 0.2) is 48.5 Å². The maximum Gasteiger partial charge on any atom is 0.417 e. The molecule has 0 unspecified atom stereocenters. The van der Waals surface area contributed by atoms with Gasteiger partial charge in [-0.2, -0.15) is 26.3 Å². The molecule has 8 heteroatoms. The third-order valence-electron chi connectivity index (χ3n) is 3.29. The second-order valence-corrected chi connectivity index (χ2v) is 5.02. The average molecular weight is 360 g/mol. The van der Waals surface area contributed by atoms with Crippen molar-refractivity contribution in [3.63, 3.8) is 0 Å². The van der Waals surface area contributed by atoms with E-state index in [1.807, 2.05) is 0 Å².